The highest BCUT2D eigenvalue weighted by Crippen LogP contribution is 2.28. The fraction of sp³-hybridized carbons (Fsp3) is 0.217. The predicted molar refractivity (Wildman–Crippen MR) is 118 cm³/mol. The number of hydrogen-bond donors (Lipinski definition) is 3. The summed E-state index contributed by atoms with van der Waals surface area (Å²) in [7, 11) is 4.90. The number of rotatable bonds is 8. The molecule has 8 nitrogen and oxygen atoms in total. The lowest BCUT2D eigenvalue weighted by molar-refractivity contribution is -0.117. The topological polar surface area (TPSA) is 102 Å². The Kier molecular flexibility index (Phi) is 6.94. The molecule has 0 unspecified atom stereocenters. The second kappa shape index (κ2) is 9.82. The molecule has 0 aliphatic carbocycles. The van der Waals surface area contributed by atoms with E-state index in [0.717, 1.165) is 16.5 Å². The summed E-state index contributed by atoms with van der Waals surface area (Å²) in [5.41, 5.74) is 2.14. The van der Waals surface area contributed by atoms with Gasteiger partial charge in [-0.15, -0.1) is 0 Å². The summed E-state index contributed by atoms with van der Waals surface area (Å²) in [6, 6.07) is 12.5. The number of aromatic nitrogens is 1. The summed E-state index contributed by atoms with van der Waals surface area (Å²) < 4.78 is 12.4. The average Bonchev–Trinajstić information content (AvgIpc) is 3.11. The molecule has 0 atom stereocenters. The predicted octanol–water partition coefficient (Wildman–Crippen LogP) is 2.07. The highest BCUT2D eigenvalue weighted by Gasteiger charge is 2.17. The van der Waals surface area contributed by atoms with Gasteiger partial charge in [-0.25, -0.2) is 0 Å². The smallest absolute Gasteiger partial charge is 0.267 e. The number of carbonyl (C=O) groups is 2. The van der Waals surface area contributed by atoms with Gasteiger partial charge in [0.25, 0.3) is 11.8 Å². The van der Waals surface area contributed by atoms with Crippen LogP contribution in [0.2, 0.25) is 0 Å². The molecule has 31 heavy (non-hydrogen) atoms. The summed E-state index contributed by atoms with van der Waals surface area (Å²) >= 11 is 0. The van der Waals surface area contributed by atoms with Crippen LogP contribution in [0.4, 0.5) is 0 Å². The molecule has 0 bridgehead atoms. The molecule has 3 rings (SSSR count). The van der Waals surface area contributed by atoms with Crippen molar-refractivity contribution < 1.29 is 24.2 Å². The number of aliphatic hydroxyl groups is 1. The monoisotopic (exact) mass is 423 g/mol. The van der Waals surface area contributed by atoms with Crippen LogP contribution in [0, 0.1) is 0 Å². The zero-order valence-corrected chi connectivity index (χ0v) is 17.6. The van der Waals surface area contributed by atoms with Crippen molar-refractivity contribution in [2.75, 3.05) is 27.4 Å². The van der Waals surface area contributed by atoms with Crippen molar-refractivity contribution in [2.45, 2.75) is 0 Å². The first-order valence-corrected chi connectivity index (χ1v) is 9.66. The van der Waals surface area contributed by atoms with Gasteiger partial charge in [0.15, 0.2) is 11.5 Å². The minimum Gasteiger partial charge on any atom is -0.493 e. The maximum Gasteiger partial charge on any atom is 0.267 e. The summed E-state index contributed by atoms with van der Waals surface area (Å²) in [5.74, 6) is -0.0897. The summed E-state index contributed by atoms with van der Waals surface area (Å²) in [6.45, 7) is -0.144. The Labute approximate surface area is 180 Å². The van der Waals surface area contributed by atoms with Gasteiger partial charge in [0.2, 0.25) is 0 Å². The van der Waals surface area contributed by atoms with Crippen LogP contribution in [-0.2, 0) is 11.8 Å². The summed E-state index contributed by atoms with van der Waals surface area (Å²) in [4.78, 5) is 25.6. The second-order valence-electron chi connectivity index (χ2n) is 6.77. The Bertz CT molecular complexity index is 1130. The van der Waals surface area contributed by atoms with Crippen LogP contribution in [0.25, 0.3) is 17.0 Å². The molecule has 2 aromatic carbocycles. The number of amides is 2. The largest absolute Gasteiger partial charge is 0.493 e. The van der Waals surface area contributed by atoms with Crippen molar-refractivity contribution in [1.82, 2.24) is 15.2 Å². The lowest BCUT2D eigenvalue weighted by atomic mass is 10.1. The van der Waals surface area contributed by atoms with Gasteiger partial charge in [0.1, 0.15) is 5.70 Å². The van der Waals surface area contributed by atoms with Gasteiger partial charge in [-0.1, -0.05) is 18.2 Å². The zero-order chi connectivity index (χ0) is 22.4. The van der Waals surface area contributed by atoms with E-state index in [-0.39, 0.29) is 18.8 Å². The van der Waals surface area contributed by atoms with E-state index >= 15 is 0 Å². The first-order valence-electron chi connectivity index (χ1n) is 9.66. The van der Waals surface area contributed by atoms with E-state index in [0.29, 0.717) is 17.1 Å². The van der Waals surface area contributed by atoms with E-state index in [4.69, 9.17) is 14.6 Å². The molecule has 1 heterocycles. The molecular weight excluding hydrogens is 398 g/mol. The third-order valence-electron chi connectivity index (χ3n) is 4.76. The van der Waals surface area contributed by atoms with Crippen LogP contribution in [0.3, 0.4) is 0 Å². The molecule has 8 heteroatoms. The zero-order valence-electron chi connectivity index (χ0n) is 17.6. The van der Waals surface area contributed by atoms with E-state index in [1.165, 1.54) is 20.3 Å². The van der Waals surface area contributed by atoms with E-state index in [1.807, 2.05) is 42.1 Å². The Morgan fingerprint density at radius 2 is 1.84 bits per heavy atom. The van der Waals surface area contributed by atoms with Gasteiger partial charge >= 0.3 is 0 Å². The molecule has 0 aliphatic rings. The van der Waals surface area contributed by atoms with Crippen molar-refractivity contribution >= 4 is 28.8 Å². The first-order chi connectivity index (χ1) is 15.0. The lowest BCUT2D eigenvalue weighted by Crippen LogP contribution is -2.36. The van der Waals surface area contributed by atoms with Crippen LogP contribution >= 0.6 is 0 Å². The van der Waals surface area contributed by atoms with E-state index < -0.39 is 11.8 Å². The molecule has 0 spiro atoms. The quantitative estimate of drug-likeness (QED) is 0.482. The molecule has 0 radical (unpaired) electrons. The number of aryl methyl sites for hydroxylation is 1. The van der Waals surface area contributed by atoms with E-state index in [1.54, 1.807) is 18.2 Å². The van der Waals surface area contributed by atoms with Gasteiger partial charge in [0.05, 0.1) is 20.8 Å². The average molecular weight is 423 g/mol. The minimum atomic E-state index is -0.504. The van der Waals surface area contributed by atoms with Crippen LogP contribution in [0.15, 0.2) is 54.4 Å². The summed E-state index contributed by atoms with van der Waals surface area (Å²) in [5, 5.41) is 15.2. The standard InChI is InChI=1S/C23H25N3O5/c1-26-14-16(17-6-4-5-7-19(17)26)12-18(23(29)24-10-11-27)25-22(28)15-8-9-20(30-2)21(13-15)31-3/h4-9,12-14,27H,10-11H2,1-3H3,(H,24,29)(H,25,28)/b18-12+. The SMILES string of the molecule is COc1ccc(C(=O)N/C(=C/c2cn(C)c3ccccc23)C(=O)NCCO)cc1OC. The van der Waals surface area contributed by atoms with Gasteiger partial charge in [0, 0.05) is 41.8 Å². The van der Waals surface area contributed by atoms with Crippen molar-refractivity contribution in [3.63, 3.8) is 0 Å². The van der Waals surface area contributed by atoms with Crippen molar-refractivity contribution in [1.29, 1.82) is 0 Å². The number of carbonyl (C=O) groups excluding carboxylic acids is 2. The maximum absolute atomic E-state index is 12.9. The highest BCUT2D eigenvalue weighted by molar-refractivity contribution is 6.06. The fourth-order valence-electron chi connectivity index (χ4n) is 3.24. The van der Waals surface area contributed by atoms with Gasteiger partial charge in [-0.3, -0.25) is 9.59 Å². The van der Waals surface area contributed by atoms with Gasteiger partial charge in [-0.2, -0.15) is 0 Å². The molecule has 0 saturated carbocycles. The van der Waals surface area contributed by atoms with Crippen molar-refractivity contribution in [3.05, 3.63) is 65.5 Å². The Balaban J connectivity index is 1.97. The molecule has 3 aromatic rings. The molecule has 1 aromatic heterocycles. The first kappa shape index (κ1) is 21.9. The molecule has 3 N–H and O–H groups in total. The number of hydrogen-bond acceptors (Lipinski definition) is 5. The lowest BCUT2D eigenvalue weighted by Gasteiger charge is -2.12. The van der Waals surface area contributed by atoms with Crippen LogP contribution < -0.4 is 20.1 Å². The fourth-order valence-corrected chi connectivity index (χ4v) is 3.24. The molecule has 0 aliphatic heterocycles. The number of ether oxygens (including phenoxy) is 2. The Hall–Kier alpha value is -3.78. The number of methoxy groups -OCH3 is 2. The number of para-hydroxylation sites is 1. The Morgan fingerprint density at radius 1 is 1.10 bits per heavy atom. The normalized spacial score (nSPS) is 11.3. The second-order valence-corrected chi connectivity index (χ2v) is 6.77. The van der Waals surface area contributed by atoms with Crippen molar-refractivity contribution in [3.8, 4) is 11.5 Å². The highest BCUT2D eigenvalue weighted by atomic mass is 16.5. The number of aliphatic hydroxyl groups excluding tert-OH is 1. The van der Waals surface area contributed by atoms with Gasteiger partial charge in [-0.05, 0) is 30.3 Å². The third kappa shape index (κ3) is 4.87. The van der Waals surface area contributed by atoms with Crippen LogP contribution in [0.1, 0.15) is 15.9 Å². The van der Waals surface area contributed by atoms with Crippen LogP contribution in [0.5, 0.6) is 11.5 Å². The molecule has 0 fully saturated rings. The Morgan fingerprint density at radius 3 is 2.55 bits per heavy atom. The summed E-state index contributed by atoms with van der Waals surface area (Å²) in [6.07, 6.45) is 3.50. The molecule has 0 saturated heterocycles. The number of nitrogens with zero attached hydrogens (tertiary/aromatic N) is 1. The number of nitrogens with one attached hydrogen (secondary N) is 2. The number of fused-ring (bicyclic) bond motifs is 1. The molecular formula is C23H25N3O5. The molecule has 162 valence electrons. The number of benzene rings is 2. The van der Waals surface area contributed by atoms with Crippen LogP contribution in [-0.4, -0.2) is 48.9 Å². The van der Waals surface area contributed by atoms with E-state index in [2.05, 4.69) is 10.6 Å². The van der Waals surface area contributed by atoms with Gasteiger partial charge < -0.3 is 29.8 Å². The third-order valence-corrected chi connectivity index (χ3v) is 4.76. The van der Waals surface area contributed by atoms with E-state index in [9.17, 15) is 9.59 Å². The molecule has 2 amide bonds. The minimum absolute atomic E-state index is 0.0598. The van der Waals surface area contributed by atoms with Crippen molar-refractivity contribution in [2.24, 2.45) is 7.05 Å². The maximum atomic E-state index is 12.9.